The van der Waals surface area contributed by atoms with Crippen molar-refractivity contribution in [3.05, 3.63) is 36.4 Å². The third kappa shape index (κ3) is 6.55. The van der Waals surface area contributed by atoms with Gasteiger partial charge in [-0.25, -0.2) is 9.78 Å². The van der Waals surface area contributed by atoms with Crippen molar-refractivity contribution in [3.8, 4) is 17.0 Å². The van der Waals surface area contributed by atoms with Gasteiger partial charge in [0.2, 0.25) is 0 Å². The zero-order chi connectivity index (χ0) is 24.8. The fraction of sp³-hybridized carbons (Fsp3) is 0.593. The molecule has 8 heteroatoms. The number of rotatable bonds is 8. The highest BCUT2D eigenvalue weighted by atomic mass is 16.6. The van der Waals surface area contributed by atoms with Crippen LogP contribution >= 0.6 is 0 Å². The van der Waals surface area contributed by atoms with E-state index in [1.807, 2.05) is 38.1 Å². The maximum Gasteiger partial charge on any atom is 0.410 e. The standard InChI is InChI=1S/C27H36N2O6/c1-18(2)34-26(30)20-7-6-10-23(15-20)35-22-13-11-19(12-14-22)25-24(33-17-28-25)16-32-27(31)29(3)21-8-4-5-9-21/h11-14,17-18,20-21,23H,4-10,15-16H2,1-3H3/t20-,23-/m0/s1. The van der Waals surface area contributed by atoms with E-state index in [1.165, 1.54) is 6.39 Å². The number of amides is 1. The number of aromatic nitrogens is 1. The molecular formula is C27H36N2O6. The first kappa shape index (κ1) is 25.1. The van der Waals surface area contributed by atoms with Crippen molar-refractivity contribution >= 4 is 12.1 Å². The molecule has 0 bridgehead atoms. The number of oxazole rings is 1. The lowest BCUT2D eigenvalue weighted by molar-refractivity contribution is -0.154. The topological polar surface area (TPSA) is 91.1 Å². The summed E-state index contributed by atoms with van der Waals surface area (Å²) in [5.74, 6) is 1.01. The average Bonchev–Trinajstić information content (AvgIpc) is 3.55. The number of hydrogen-bond acceptors (Lipinski definition) is 7. The Morgan fingerprint density at radius 1 is 1.09 bits per heavy atom. The number of ether oxygens (including phenoxy) is 3. The normalized spacial score (nSPS) is 20.6. The minimum atomic E-state index is -0.342. The second-order valence-electron chi connectivity index (χ2n) is 9.84. The Labute approximate surface area is 206 Å². The number of benzene rings is 1. The maximum atomic E-state index is 12.4. The second kappa shape index (κ2) is 11.6. The zero-order valence-corrected chi connectivity index (χ0v) is 20.9. The Kier molecular flexibility index (Phi) is 8.31. The van der Waals surface area contributed by atoms with E-state index in [1.54, 1.807) is 11.9 Å². The Morgan fingerprint density at radius 2 is 1.83 bits per heavy atom. The molecule has 1 heterocycles. The Morgan fingerprint density at radius 3 is 2.54 bits per heavy atom. The number of carbonyl (C=O) groups is 2. The first-order chi connectivity index (χ1) is 16.9. The van der Waals surface area contributed by atoms with Crippen LogP contribution in [0, 0.1) is 5.92 Å². The number of esters is 1. The van der Waals surface area contributed by atoms with Crippen molar-refractivity contribution in [3.63, 3.8) is 0 Å². The van der Waals surface area contributed by atoms with E-state index in [2.05, 4.69) is 4.98 Å². The quantitative estimate of drug-likeness (QED) is 0.441. The summed E-state index contributed by atoms with van der Waals surface area (Å²) >= 11 is 0. The van der Waals surface area contributed by atoms with E-state index in [0.29, 0.717) is 17.9 Å². The van der Waals surface area contributed by atoms with Gasteiger partial charge < -0.3 is 23.5 Å². The van der Waals surface area contributed by atoms with Crippen LogP contribution in [0.3, 0.4) is 0 Å². The van der Waals surface area contributed by atoms with Crippen LogP contribution in [-0.4, -0.2) is 47.2 Å². The summed E-state index contributed by atoms with van der Waals surface area (Å²) in [6, 6.07) is 7.87. The molecule has 1 aromatic heterocycles. The number of nitrogens with zero attached hydrogens (tertiary/aromatic N) is 2. The predicted molar refractivity (Wildman–Crippen MR) is 130 cm³/mol. The van der Waals surface area contributed by atoms with Crippen LogP contribution in [0.15, 0.2) is 35.1 Å². The molecule has 0 unspecified atom stereocenters. The first-order valence-corrected chi connectivity index (χ1v) is 12.7. The Balaban J connectivity index is 1.32. The minimum absolute atomic E-state index is 0.0156. The summed E-state index contributed by atoms with van der Waals surface area (Å²) in [5.41, 5.74) is 1.49. The summed E-state index contributed by atoms with van der Waals surface area (Å²) in [4.78, 5) is 30.7. The van der Waals surface area contributed by atoms with Crippen LogP contribution in [0.5, 0.6) is 5.75 Å². The first-order valence-electron chi connectivity index (χ1n) is 12.7. The lowest BCUT2D eigenvalue weighted by atomic mass is 9.87. The van der Waals surface area contributed by atoms with Gasteiger partial charge in [0.15, 0.2) is 18.8 Å². The van der Waals surface area contributed by atoms with Crippen LogP contribution in [0.2, 0.25) is 0 Å². The van der Waals surface area contributed by atoms with Crippen LogP contribution in [0.25, 0.3) is 11.3 Å². The van der Waals surface area contributed by atoms with Crippen molar-refractivity contribution in [2.75, 3.05) is 7.05 Å². The molecule has 2 fully saturated rings. The monoisotopic (exact) mass is 484 g/mol. The molecule has 0 radical (unpaired) electrons. The number of carbonyl (C=O) groups excluding carboxylic acids is 2. The van der Waals surface area contributed by atoms with E-state index in [9.17, 15) is 9.59 Å². The molecule has 0 aliphatic heterocycles. The molecular weight excluding hydrogens is 448 g/mol. The van der Waals surface area contributed by atoms with Gasteiger partial charge in [-0.1, -0.05) is 12.8 Å². The van der Waals surface area contributed by atoms with Gasteiger partial charge in [-0.05, 0) is 76.6 Å². The van der Waals surface area contributed by atoms with Gasteiger partial charge in [0, 0.05) is 18.7 Å². The fourth-order valence-corrected chi connectivity index (χ4v) is 4.96. The molecule has 1 aromatic carbocycles. The van der Waals surface area contributed by atoms with Crippen LogP contribution in [-0.2, 0) is 20.9 Å². The van der Waals surface area contributed by atoms with Crippen molar-refractivity contribution in [1.82, 2.24) is 9.88 Å². The molecule has 35 heavy (non-hydrogen) atoms. The molecule has 2 aromatic rings. The maximum absolute atomic E-state index is 12.4. The highest BCUT2D eigenvalue weighted by Gasteiger charge is 2.30. The fourth-order valence-electron chi connectivity index (χ4n) is 4.96. The SMILES string of the molecule is CC(C)OC(=O)[C@H]1CCC[C@H](Oc2ccc(-c3ncoc3COC(=O)N(C)C3CCCC3)cc2)C1. The van der Waals surface area contributed by atoms with E-state index in [4.69, 9.17) is 18.6 Å². The molecule has 2 aliphatic carbocycles. The molecule has 0 saturated heterocycles. The second-order valence-corrected chi connectivity index (χ2v) is 9.84. The summed E-state index contributed by atoms with van der Waals surface area (Å²) in [5, 5.41) is 0. The van der Waals surface area contributed by atoms with Gasteiger partial charge in [0.1, 0.15) is 11.4 Å². The number of hydrogen-bond donors (Lipinski definition) is 0. The highest BCUT2D eigenvalue weighted by molar-refractivity contribution is 5.72. The van der Waals surface area contributed by atoms with Gasteiger partial charge in [-0.3, -0.25) is 4.79 Å². The van der Waals surface area contributed by atoms with Crippen molar-refractivity contribution in [2.45, 2.75) is 90.1 Å². The molecule has 190 valence electrons. The molecule has 4 rings (SSSR count). The van der Waals surface area contributed by atoms with Crippen LogP contribution in [0.1, 0.15) is 71.0 Å². The van der Waals surface area contributed by atoms with E-state index in [-0.39, 0.29) is 42.8 Å². The summed E-state index contributed by atoms with van der Waals surface area (Å²) in [7, 11) is 1.79. The summed E-state index contributed by atoms with van der Waals surface area (Å²) in [6.07, 6.45) is 8.64. The lowest BCUT2D eigenvalue weighted by Gasteiger charge is -2.29. The Hall–Kier alpha value is -3.03. The average molecular weight is 485 g/mol. The minimum Gasteiger partial charge on any atom is -0.490 e. The third-order valence-corrected chi connectivity index (χ3v) is 6.87. The van der Waals surface area contributed by atoms with Gasteiger partial charge in [-0.15, -0.1) is 0 Å². The molecule has 0 spiro atoms. The van der Waals surface area contributed by atoms with Gasteiger partial charge in [0.25, 0.3) is 0 Å². The van der Waals surface area contributed by atoms with Crippen molar-refractivity contribution in [2.24, 2.45) is 5.92 Å². The summed E-state index contributed by atoms with van der Waals surface area (Å²) < 4.78 is 22.6. The van der Waals surface area contributed by atoms with Gasteiger partial charge in [-0.2, -0.15) is 0 Å². The highest BCUT2D eigenvalue weighted by Crippen LogP contribution is 2.31. The lowest BCUT2D eigenvalue weighted by Crippen LogP contribution is -2.35. The molecule has 2 saturated carbocycles. The van der Waals surface area contributed by atoms with E-state index in [0.717, 1.165) is 56.3 Å². The van der Waals surface area contributed by atoms with E-state index >= 15 is 0 Å². The predicted octanol–water partition coefficient (Wildman–Crippen LogP) is 5.74. The molecule has 1 amide bonds. The largest absolute Gasteiger partial charge is 0.490 e. The van der Waals surface area contributed by atoms with Crippen molar-refractivity contribution < 1.29 is 28.2 Å². The van der Waals surface area contributed by atoms with E-state index < -0.39 is 0 Å². The van der Waals surface area contributed by atoms with Crippen molar-refractivity contribution in [1.29, 1.82) is 0 Å². The van der Waals surface area contributed by atoms with Gasteiger partial charge >= 0.3 is 12.1 Å². The smallest absolute Gasteiger partial charge is 0.410 e. The van der Waals surface area contributed by atoms with Crippen LogP contribution < -0.4 is 4.74 Å². The van der Waals surface area contributed by atoms with Gasteiger partial charge in [0.05, 0.1) is 18.1 Å². The molecule has 8 nitrogen and oxygen atoms in total. The summed E-state index contributed by atoms with van der Waals surface area (Å²) in [6.45, 7) is 3.77. The molecule has 2 atom stereocenters. The molecule has 0 N–H and O–H groups in total. The third-order valence-electron chi connectivity index (χ3n) is 6.87. The molecule has 2 aliphatic rings. The zero-order valence-electron chi connectivity index (χ0n) is 20.9. The Bertz CT molecular complexity index is 980. The van der Waals surface area contributed by atoms with Crippen LogP contribution in [0.4, 0.5) is 4.79 Å².